The number of amides is 1. The smallest absolute Gasteiger partial charge is 0.272 e. The van der Waals surface area contributed by atoms with E-state index >= 15 is 0 Å². The molecule has 1 unspecified atom stereocenters. The molecule has 1 heterocycles. The predicted molar refractivity (Wildman–Crippen MR) is 65.7 cm³/mol. The third kappa shape index (κ3) is 2.95. The Balaban J connectivity index is 2.91. The van der Waals surface area contributed by atoms with Crippen molar-refractivity contribution in [1.82, 2.24) is 9.88 Å². The van der Waals surface area contributed by atoms with Crippen LogP contribution in [0, 0.1) is 0 Å². The Morgan fingerprint density at radius 2 is 2.25 bits per heavy atom. The van der Waals surface area contributed by atoms with Crippen molar-refractivity contribution in [1.29, 1.82) is 0 Å². The quantitative estimate of drug-likeness (QED) is 0.811. The van der Waals surface area contributed by atoms with E-state index in [1.54, 1.807) is 23.2 Å². The molecule has 1 atom stereocenters. The van der Waals surface area contributed by atoms with Gasteiger partial charge in [0.25, 0.3) is 5.91 Å². The van der Waals surface area contributed by atoms with Crippen LogP contribution in [0.2, 0.25) is 5.02 Å². The predicted octanol–water partition coefficient (Wildman–Crippen LogP) is 3.00. The van der Waals surface area contributed by atoms with Gasteiger partial charge in [0, 0.05) is 23.8 Å². The second kappa shape index (κ2) is 5.85. The van der Waals surface area contributed by atoms with Crippen LogP contribution in [-0.4, -0.2) is 28.4 Å². The average molecular weight is 241 g/mol. The van der Waals surface area contributed by atoms with Crippen molar-refractivity contribution in [2.45, 2.75) is 33.2 Å². The van der Waals surface area contributed by atoms with Crippen LogP contribution in [0.15, 0.2) is 18.3 Å². The lowest BCUT2D eigenvalue weighted by molar-refractivity contribution is 0.0694. The summed E-state index contributed by atoms with van der Waals surface area (Å²) in [4.78, 5) is 18.0. The Bertz CT molecular complexity index is 368. The van der Waals surface area contributed by atoms with Gasteiger partial charge >= 0.3 is 0 Å². The molecule has 1 rings (SSSR count). The van der Waals surface area contributed by atoms with Gasteiger partial charge in [0.2, 0.25) is 0 Å². The van der Waals surface area contributed by atoms with Gasteiger partial charge < -0.3 is 4.90 Å². The van der Waals surface area contributed by atoms with Gasteiger partial charge in [-0.3, -0.25) is 9.78 Å². The lowest BCUT2D eigenvalue weighted by Gasteiger charge is -2.26. The fourth-order valence-corrected chi connectivity index (χ4v) is 1.70. The van der Waals surface area contributed by atoms with E-state index < -0.39 is 0 Å². The van der Waals surface area contributed by atoms with E-state index in [0.29, 0.717) is 17.3 Å². The van der Waals surface area contributed by atoms with E-state index in [9.17, 15) is 4.79 Å². The van der Waals surface area contributed by atoms with Crippen molar-refractivity contribution in [3.05, 3.63) is 29.0 Å². The lowest BCUT2D eigenvalue weighted by Crippen LogP contribution is -2.38. The molecule has 0 aliphatic carbocycles. The molecule has 1 amide bonds. The van der Waals surface area contributed by atoms with Crippen LogP contribution < -0.4 is 0 Å². The molecule has 0 aliphatic rings. The maximum atomic E-state index is 12.1. The number of carbonyl (C=O) groups is 1. The first-order valence-electron chi connectivity index (χ1n) is 5.52. The Labute approximate surface area is 101 Å². The molecule has 1 aromatic rings. The first kappa shape index (κ1) is 13.0. The van der Waals surface area contributed by atoms with E-state index in [2.05, 4.69) is 11.9 Å². The summed E-state index contributed by atoms with van der Waals surface area (Å²) in [5.74, 6) is -0.0562. The van der Waals surface area contributed by atoms with Crippen LogP contribution in [0.25, 0.3) is 0 Å². The maximum Gasteiger partial charge on any atom is 0.272 e. The second-order valence-electron chi connectivity index (χ2n) is 3.71. The molecule has 0 saturated carbocycles. The normalized spacial score (nSPS) is 12.2. The van der Waals surface area contributed by atoms with Crippen LogP contribution in [0.5, 0.6) is 0 Å². The number of pyridine rings is 1. The highest BCUT2D eigenvalue weighted by Gasteiger charge is 2.19. The summed E-state index contributed by atoms with van der Waals surface area (Å²) >= 11 is 5.84. The first-order chi connectivity index (χ1) is 7.60. The summed E-state index contributed by atoms with van der Waals surface area (Å²) < 4.78 is 0. The topological polar surface area (TPSA) is 33.2 Å². The number of hydrogen-bond acceptors (Lipinski definition) is 2. The van der Waals surface area contributed by atoms with Crippen molar-refractivity contribution >= 4 is 17.5 Å². The third-order valence-corrected chi connectivity index (χ3v) is 2.90. The summed E-state index contributed by atoms with van der Waals surface area (Å²) in [5.41, 5.74) is 0.412. The van der Waals surface area contributed by atoms with E-state index in [1.165, 1.54) is 0 Å². The van der Waals surface area contributed by atoms with Gasteiger partial charge in [0.1, 0.15) is 5.69 Å². The summed E-state index contributed by atoms with van der Waals surface area (Å²) in [6.07, 6.45) is 2.49. The van der Waals surface area contributed by atoms with Crippen molar-refractivity contribution in [2.24, 2.45) is 0 Å². The lowest BCUT2D eigenvalue weighted by atomic mass is 10.2. The van der Waals surface area contributed by atoms with E-state index in [4.69, 9.17) is 11.6 Å². The van der Waals surface area contributed by atoms with Crippen molar-refractivity contribution in [2.75, 3.05) is 6.54 Å². The molecule has 1 aromatic heterocycles. The minimum Gasteiger partial charge on any atom is -0.335 e. The van der Waals surface area contributed by atoms with Gasteiger partial charge in [-0.15, -0.1) is 0 Å². The van der Waals surface area contributed by atoms with Gasteiger partial charge in [-0.1, -0.05) is 18.5 Å². The van der Waals surface area contributed by atoms with Crippen molar-refractivity contribution in [3.8, 4) is 0 Å². The second-order valence-corrected chi connectivity index (χ2v) is 4.14. The zero-order chi connectivity index (χ0) is 12.1. The van der Waals surface area contributed by atoms with Gasteiger partial charge in [-0.25, -0.2) is 0 Å². The molecule has 0 saturated heterocycles. The summed E-state index contributed by atoms with van der Waals surface area (Å²) in [6.45, 7) is 6.74. The van der Waals surface area contributed by atoms with Gasteiger partial charge in [0.05, 0.1) is 0 Å². The van der Waals surface area contributed by atoms with E-state index in [-0.39, 0.29) is 11.9 Å². The molecular weight excluding hydrogens is 224 g/mol. The largest absolute Gasteiger partial charge is 0.335 e. The molecular formula is C12H17ClN2O. The van der Waals surface area contributed by atoms with Crippen LogP contribution in [0.3, 0.4) is 0 Å². The number of nitrogens with zero attached hydrogens (tertiary/aromatic N) is 2. The molecule has 0 aliphatic heterocycles. The van der Waals surface area contributed by atoms with Gasteiger partial charge in [-0.2, -0.15) is 0 Å². The number of rotatable bonds is 4. The molecule has 0 radical (unpaired) electrons. The minimum atomic E-state index is -0.0562. The molecule has 4 heteroatoms. The Hall–Kier alpha value is -1.09. The summed E-state index contributed by atoms with van der Waals surface area (Å²) in [6, 6.07) is 3.49. The Kier molecular flexibility index (Phi) is 4.74. The molecule has 0 spiro atoms. The highest BCUT2D eigenvalue weighted by molar-refractivity contribution is 6.30. The van der Waals surface area contributed by atoms with Crippen LogP contribution >= 0.6 is 11.6 Å². The average Bonchev–Trinajstić information content (AvgIpc) is 2.29. The Morgan fingerprint density at radius 1 is 1.56 bits per heavy atom. The molecule has 0 N–H and O–H groups in total. The van der Waals surface area contributed by atoms with Crippen LogP contribution in [-0.2, 0) is 0 Å². The van der Waals surface area contributed by atoms with Gasteiger partial charge in [0.15, 0.2) is 0 Å². The number of carbonyl (C=O) groups excluding carboxylic acids is 1. The van der Waals surface area contributed by atoms with Gasteiger partial charge in [-0.05, 0) is 32.4 Å². The molecule has 3 nitrogen and oxygen atoms in total. The zero-order valence-electron chi connectivity index (χ0n) is 9.90. The number of aromatic nitrogens is 1. The van der Waals surface area contributed by atoms with E-state index in [1.807, 2.05) is 13.8 Å². The minimum absolute atomic E-state index is 0.0562. The third-order valence-electron chi connectivity index (χ3n) is 2.67. The standard InChI is InChI=1S/C12H17ClN2O/c1-4-9(3)15(5-2)12(16)11-8-10(13)6-7-14-11/h6-9H,4-5H2,1-3H3. The molecule has 0 fully saturated rings. The SMILES string of the molecule is CCC(C)N(CC)C(=O)c1cc(Cl)ccn1. The molecule has 0 aromatic carbocycles. The van der Waals surface area contributed by atoms with Crippen molar-refractivity contribution in [3.63, 3.8) is 0 Å². The summed E-state index contributed by atoms with van der Waals surface area (Å²) in [7, 11) is 0. The molecule has 0 bridgehead atoms. The highest BCUT2D eigenvalue weighted by Crippen LogP contribution is 2.12. The fraction of sp³-hybridized carbons (Fsp3) is 0.500. The first-order valence-corrected chi connectivity index (χ1v) is 5.90. The van der Waals surface area contributed by atoms with Crippen LogP contribution in [0.1, 0.15) is 37.7 Å². The summed E-state index contributed by atoms with van der Waals surface area (Å²) in [5, 5.41) is 0.540. The fourth-order valence-electron chi connectivity index (χ4n) is 1.54. The highest BCUT2D eigenvalue weighted by atomic mass is 35.5. The number of hydrogen-bond donors (Lipinski definition) is 0. The van der Waals surface area contributed by atoms with Crippen molar-refractivity contribution < 1.29 is 4.79 Å². The maximum absolute atomic E-state index is 12.1. The Morgan fingerprint density at radius 3 is 2.75 bits per heavy atom. The zero-order valence-corrected chi connectivity index (χ0v) is 10.7. The van der Waals surface area contributed by atoms with E-state index in [0.717, 1.165) is 6.42 Å². The number of halogens is 1. The van der Waals surface area contributed by atoms with Crippen LogP contribution in [0.4, 0.5) is 0 Å². The monoisotopic (exact) mass is 240 g/mol. The molecule has 16 heavy (non-hydrogen) atoms. The molecule has 88 valence electrons.